The second kappa shape index (κ2) is 5.77. The zero-order valence-corrected chi connectivity index (χ0v) is 11.8. The smallest absolute Gasteiger partial charge is 1.00 e. The van der Waals surface area contributed by atoms with Crippen LogP contribution in [-0.4, -0.2) is 11.2 Å². The van der Waals surface area contributed by atoms with Gasteiger partial charge in [0, 0.05) is 0 Å². The quantitative estimate of drug-likeness (QED) is 0.537. The molecule has 0 saturated heterocycles. The van der Waals surface area contributed by atoms with Gasteiger partial charge < -0.3 is 6.53 Å². The molecule has 1 aliphatic carbocycles. The predicted molar refractivity (Wildman–Crippen MR) is 30.2 cm³/mol. The molecule has 0 aromatic rings. The molecule has 0 heterocycles. The first kappa shape index (κ1) is 10.0. The largest absolute Gasteiger partial charge is 1.00 e. The number of hydrogen-bond acceptors (Lipinski definition) is 1. The SMILES string of the molecule is OC1CCCCC1.[Cs+].[H-]. The summed E-state index contributed by atoms with van der Waals surface area (Å²) in [5.41, 5.74) is 0. The van der Waals surface area contributed by atoms with Crippen LogP contribution in [0.1, 0.15) is 33.5 Å². The van der Waals surface area contributed by atoms with Crippen LogP contribution < -0.4 is 68.9 Å². The second-order valence-electron chi connectivity index (χ2n) is 2.29. The van der Waals surface area contributed by atoms with Crippen LogP contribution in [0.5, 0.6) is 0 Å². The normalized spacial score (nSPS) is 22.1. The summed E-state index contributed by atoms with van der Waals surface area (Å²) in [5.74, 6) is 0. The van der Waals surface area contributed by atoms with Crippen LogP contribution in [-0.2, 0) is 0 Å². The molecule has 0 aliphatic heterocycles. The van der Waals surface area contributed by atoms with Crippen LogP contribution in [0.15, 0.2) is 0 Å². The summed E-state index contributed by atoms with van der Waals surface area (Å²) in [5, 5.41) is 8.91. The van der Waals surface area contributed by atoms with E-state index in [1.807, 2.05) is 0 Å². The van der Waals surface area contributed by atoms with Crippen LogP contribution in [0.25, 0.3) is 0 Å². The van der Waals surface area contributed by atoms with Crippen LogP contribution in [0.3, 0.4) is 0 Å². The van der Waals surface area contributed by atoms with Gasteiger partial charge in [0.1, 0.15) is 0 Å². The van der Waals surface area contributed by atoms with Gasteiger partial charge in [0.05, 0.1) is 6.10 Å². The molecule has 0 aromatic carbocycles. The third-order valence-electron chi connectivity index (χ3n) is 1.57. The van der Waals surface area contributed by atoms with E-state index < -0.39 is 0 Å². The molecule has 1 nitrogen and oxygen atoms in total. The van der Waals surface area contributed by atoms with Gasteiger partial charge in [-0.2, -0.15) is 0 Å². The van der Waals surface area contributed by atoms with Gasteiger partial charge in [-0.25, -0.2) is 0 Å². The molecule has 0 radical (unpaired) electrons. The zero-order valence-electron chi connectivity index (χ0n) is 6.56. The van der Waals surface area contributed by atoms with E-state index >= 15 is 0 Å². The summed E-state index contributed by atoms with van der Waals surface area (Å²) in [4.78, 5) is 0. The summed E-state index contributed by atoms with van der Waals surface area (Å²) in [6.07, 6.45) is 5.92. The molecule has 1 saturated carbocycles. The van der Waals surface area contributed by atoms with Crippen molar-refractivity contribution >= 4 is 0 Å². The number of hydrogen-bond donors (Lipinski definition) is 1. The molecule has 1 aliphatic rings. The molecule has 0 spiro atoms. The Hall–Kier alpha value is 2.01. The maximum Gasteiger partial charge on any atom is 1.00 e. The Labute approximate surface area is 111 Å². The first-order valence-electron chi connectivity index (χ1n) is 3.07. The van der Waals surface area contributed by atoms with E-state index in [4.69, 9.17) is 5.11 Å². The van der Waals surface area contributed by atoms with Gasteiger partial charge in [-0.15, -0.1) is 0 Å². The topological polar surface area (TPSA) is 20.2 Å². The zero-order chi connectivity index (χ0) is 5.11. The van der Waals surface area contributed by atoms with Crippen molar-refractivity contribution in [1.82, 2.24) is 0 Å². The van der Waals surface area contributed by atoms with Gasteiger partial charge in [0.25, 0.3) is 0 Å². The number of rotatable bonds is 0. The Morgan fingerprint density at radius 2 is 1.62 bits per heavy atom. The Morgan fingerprint density at radius 3 is 1.88 bits per heavy atom. The van der Waals surface area contributed by atoms with E-state index in [0.717, 1.165) is 12.8 Å². The van der Waals surface area contributed by atoms with E-state index in [9.17, 15) is 0 Å². The Bertz CT molecular complexity index is 55.0. The summed E-state index contributed by atoms with van der Waals surface area (Å²) in [6.45, 7) is 0. The van der Waals surface area contributed by atoms with Crippen LogP contribution in [0.4, 0.5) is 0 Å². The molecule has 44 valence electrons. The van der Waals surface area contributed by atoms with Crippen molar-refractivity contribution in [3.8, 4) is 0 Å². The molecule has 1 rings (SSSR count). The summed E-state index contributed by atoms with van der Waals surface area (Å²) >= 11 is 0. The molecule has 8 heavy (non-hydrogen) atoms. The van der Waals surface area contributed by atoms with Gasteiger partial charge in [-0.3, -0.25) is 0 Å². The minimum Gasteiger partial charge on any atom is -1.00 e. The van der Waals surface area contributed by atoms with Crippen molar-refractivity contribution in [2.45, 2.75) is 38.2 Å². The van der Waals surface area contributed by atoms with E-state index in [1.54, 1.807) is 0 Å². The average molecular weight is 234 g/mol. The third kappa shape index (κ3) is 3.93. The Kier molecular flexibility index (Phi) is 7.22. The molecule has 1 fully saturated rings. The minimum atomic E-state index is 0. The van der Waals surface area contributed by atoms with Gasteiger partial charge in [-0.1, -0.05) is 19.3 Å². The van der Waals surface area contributed by atoms with Crippen LogP contribution in [0.2, 0.25) is 0 Å². The van der Waals surface area contributed by atoms with Crippen molar-refractivity contribution < 1.29 is 75.4 Å². The summed E-state index contributed by atoms with van der Waals surface area (Å²) < 4.78 is 0. The summed E-state index contributed by atoms with van der Waals surface area (Å²) in [6, 6.07) is 0. The molecule has 0 amide bonds. The van der Waals surface area contributed by atoms with Gasteiger partial charge in [-0.05, 0) is 12.8 Å². The number of aliphatic hydroxyl groups excluding tert-OH is 1. The Balaban J connectivity index is 0. The van der Waals surface area contributed by atoms with E-state index in [-0.39, 0.29) is 76.4 Å². The third-order valence-corrected chi connectivity index (χ3v) is 1.57. The molecular formula is C6H13CsO. The maximum absolute atomic E-state index is 8.91. The maximum atomic E-state index is 8.91. The van der Waals surface area contributed by atoms with Gasteiger partial charge >= 0.3 is 68.9 Å². The standard InChI is InChI=1S/C6H12O.Cs.H/c7-6-4-2-1-3-5-6;;/h6-7H,1-5H2;;/q;+1;-1. The number of aliphatic hydroxyl groups is 1. The molecule has 0 unspecified atom stereocenters. The molecular weight excluding hydrogens is 221 g/mol. The van der Waals surface area contributed by atoms with Gasteiger partial charge in [0.2, 0.25) is 0 Å². The first-order valence-corrected chi connectivity index (χ1v) is 3.07. The van der Waals surface area contributed by atoms with Crippen LogP contribution in [0, 0.1) is 0 Å². The van der Waals surface area contributed by atoms with E-state index in [2.05, 4.69) is 0 Å². The van der Waals surface area contributed by atoms with Crippen LogP contribution >= 0.6 is 0 Å². The van der Waals surface area contributed by atoms with E-state index in [1.165, 1.54) is 19.3 Å². The average Bonchev–Trinajstić information content (AvgIpc) is 1.69. The fraction of sp³-hybridized carbons (Fsp3) is 1.00. The Morgan fingerprint density at radius 1 is 1.12 bits per heavy atom. The van der Waals surface area contributed by atoms with Crippen molar-refractivity contribution in [2.24, 2.45) is 0 Å². The van der Waals surface area contributed by atoms with E-state index in [0.29, 0.717) is 0 Å². The summed E-state index contributed by atoms with van der Waals surface area (Å²) in [7, 11) is 0. The second-order valence-corrected chi connectivity index (χ2v) is 2.29. The minimum absolute atomic E-state index is 0. The van der Waals surface area contributed by atoms with Crippen molar-refractivity contribution in [1.29, 1.82) is 0 Å². The van der Waals surface area contributed by atoms with Crippen molar-refractivity contribution in [3.63, 3.8) is 0 Å². The van der Waals surface area contributed by atoms with Gasteiger partial charge in [0.15, 0.2) is 0 Å². The molecule has 1 N–H and O–H groups in total. The van der Waals surface area contributed by atoms with Crippen molar-refractivity contribution in [3.05, 3.63) is 0 Å². The molecule has 0 atom stereocenters. The fourth-order valence-corrected chi connectivity index (χ4v) is 1.08. The predicted octanol–water partition coefficient (Wildman–Crippen LogP) is -1.57. The molecule has 0 aromatic heterocycles. The molecule has 0 bridgehead atoms. The first-order chi connectivity index (χ1) is 3.39. The molecule has 2 heteroatoms. The fourth-order valence-electron chi connectivity index (χ4n) is 1.08. The monoisotopic (exact) mass is 234 g/mol. The van der Waals surface area contributed by atoms with Crippen molar-refractivity contribution in [2.75, 3.05) is 0 Å².